The Morgan fingerprint density at radius 3 is 2.71 bits per heavy atom. The van der Waals surface area contributed by atoms with Gasteiger partial charge in [-0.25, -0.2) is 0 Å². The third kappa shape index (κ3) is 5.90. The number of hydrogen-bond donors (Lipinski definition) is 2. The first kappa shape index (κ1) is 17.0. The molecule has 1 fully saturated rings. The Hall–Kier alpha value is -0.0400. The van der Waals surface area contributed by atoms with Crippen molar-refractivity contribution < 1.29 is 0 Å². The lowest BCUT2D eigenvalue weighted by Crippen LogP contribution is -2.44. The number of guanidine groups is 1. The first-order chi connectivity index (χ1) is 7.81. The van der Waals surface area contributed by atoms with Crippen molar-refractivity contribution in [1.82, 2.24) is 15.5 Å². The molecule has 1 aliphatic heterocycles. The van der Waals surface area contributed by atoms with Gasteiger partial charge in [-0.05, 0) is 32.4 Å². The number of likely N-dealkylation sites (N-methyl/N-ethyl adjacent to an activating group) is 1. The zero-order chi connectivity index (χ0) is 11.8. The highest BCUT2D eigenvalue weighted by atomic mass is 127. The number of nitrogens with zero attached hydrogens (tertiary/aromatic N) is 2. The second kappa shape index (κ2) is 9.94. The van der Waals surface area contributed by atoms with Gasteiger partial charge in [-0.1, -0.05) is 13.8 Å². The second-order valence-corrected chi connectivity index (χ2v) is 4.30. The summed E-state index contributed by atoms with van der Waals surface area (Å²) < 4.78 is 0. The number of rotatable bonds is 5. The van der Waals surface area contributed by atoms with Crippen LogP contribution in [0.4, 0.5) is 0 Å². The summed E-state index contributed by atoms with van der Waals surface area (Å²) in [5.41, 5.74) is 0. The number of likely N-dealkylation sites (tertiary alicyclic amines) is 1. The first-order valence-electron chi connectivity index (χ1n) is 6.50. The molecular weight excluding hydrogens is 327 g/mol. The highest BCUT2D eigenvalue weighted by Crippen LogP contribution is 2.15. The molecule has 0 bridgehead atoms. The predicted octanol–water partition coefficient (Wildman–Crippen LogP) is 1.66. The van der Waals surface area contributed by atoms with E-state index in [1.165, 1.54) is 19.4 Å². The number of aliphatic imine (C=N–C) groups is 1. The minimum absolute atomic E-state index is 0. The molecule has 0 aromatic heterocycles. The molecule has 0 amide bonds. The topological polar surface area (TPSA) is 39.7 Å². The van der Waals surface area contributed by atoms with Crippen LogP contribution in [0.15, 0.2) is 4.99 Å². The summed E-state index contributed by atoms with van der Waals surface area (Å²) in [6.45, 7) is 8.81. The predicted molar refractivity (Wildman–Crippen MR) is 85.3 cm³/mol. The summed E-state index contributed by atoms with van der Waals surface area (Å²) in [4.78, 5) is 6.76. The zero-order valence-electron chi connectivity index (χ0n) is 11.3. The van der Waals surface area contributed by atoms with E-state index in [1.54, 1.807) is 0 Å². The molecule has 0 aliphatic carbocycles. The summed E-state index contributed by atoms with van der Waals surface area (Å²) >= 11 is 0. The molecule has 1 saturated heterocycles. The molecule has 0 aromatic carbocycles. The minimum Gasteiger partial charge on any atom is -0.356 e. The Morgan fingerprint density at radius 1 is 1.35 bits per heavy atom. The van der Waals surface area contributed by atoms with E-state index in [2.05, 4.69) is 34.4 Å². The van der Waals surface area contributed by atoms with Crippen molar-refractivity contribution in [1.29, 1.82) is 0 Å². The Labute approximate surface area is 123 Å². The van der Waals surface area contributed by atoms with E-state index in [0.29, 0.717) is 6.04 Å². The Balaban J connectivity index is 0.00000256. The largest absolute Gasteiger partial charge is 0.356 e. The van der Waals surface area contributed by atoms with Crippen LogP contribution >= 0.6 is 24.0 Å². The molecule has 0 saturated carbocycles. The smallest absolute Gasteiger partial charge is 0.191 e. The van der Waals surface area contributed by atoms with Gasteiger partial charge in [-0.3, -0.25) is 9.89 Å². The van der Waals surface area contributed by atoms with Gasteiger partial charge in [0.25, 0.3) is 0 Å². The Morgan fingerprint density at radius 2 is 2.12 bits per heavy atom. The maximum Gasteiger partial charge on any atom is 0.191 e. The lowest BCUT2D eigenvalue weighted by molar-refractivity contribution is 0.267. The highest BCUT2D eigenvalue weighted by molar-refractivity contribution is 14.0. The summed E-state index contributed by atoms with van der Waals surface area (Å²) in [6.07, 6.45) is 3.78. The van der Waals surface area contributed by atoms with Gasteiger partial charge in [0, 0.05) is 26.2 Å². The fourth-order valence-electron chi connectivity index (χ4n) is 2.22. The number of nitrogens with one attached hydrogen (secondary N) is 2. The van der Waals surface area contributed by atoms with Gasteiger partial charge < -0.3 is 10.6 Å². The molecule has 0 spiro atoms. The second-order valence-electron chi connectivity index (χ2n) is 4.30. The average Bonchev–Trinajstić information content (AvgIpc) is 2.77. The van der Waals surface area contributed by atoms with Crippen molar-refractivity contribution >= 4 is 29.9 Å². The zero-order valence-corrected chi connectivity index (χ0v) is 13.7. The fourth-order valence-corrected chi connectivity index (χ4v) is 2.22. The van der Waals surface area contributed by atoms with Crippen molar-refractivity contribution in [3.8, 4) is 0 Å². The maximum absolute atomic E-state index is 4.21. The van der Waals surface area contributed by atoms with Crippen molar-refractivity contribution in [2.24, 2.45) is 4.99 Å². The molecule has 0 radical (unpaired) electrons. The van der Waals surface area contributed by atoms with Gasteiger partial charge in [-0.15, -0.1) is 24.0 Å². The summed E-state index contributed by atoms with van der Waals surface area (Å²) in [7, 11) is 1.83. The van der Waals surface area contributed by atoms with Crippen LogP contribution in [0.3, 0.4) is 0 Å². The summed E-state index contributed by atoms with van der Waals surface area (Å²) in [6, 6.07) is 0.685. The van der Waals surface area contributed by atoms with Crippen molar-refractivity contribution in [2.45, 2.75) is 39.2 Å². The van der Waals surface area contributed by atoms with E-state index in [4.69, 9.17) is 0 Å². The Kier molecular flexibility index (Phi) is 9.91. The van der Waals surface area contributed by atoms with E-state index in [-0.39, 0.29) is 24.0 Å². The lowest BCUT2D eigenvalue weighted by Gasteiger charge is -2.23. The summed E-state index contributed by atoms with van der Waals surface area (Å²) in [5, 5.41) is 6.70. The molecule has 1 rings (SSSR count). The molecule has 1 unspecified atom stereocenters. The number of hydrogen-bond acceptors (Lipinski definition) is 2. The maximum atomic E-state index is 4.21. The van der Waals surface area contributed by atoms with E-state index in [1.807, 2.05) is 7.05 Å². The van der Waals surface area contributed by atoms with Crippen LogP contribution in [0, 0.1) is 0 Å². The van der Waals surface area contributed by atoms with Gasteiger partial charge >= 0.3 is 0 Å². The molecule has 17 heavy (non-hydrogen) atoms. The third-order valence-electron chi connectivity index (χ3n) is 3.18. The molecule has 5 heteroatoms. The molecule has 1 aliphatic rings. The van der Waals surface area contributed by atoms with Gasteiger partial charge in [0.05, 0.1) is 0 Å². The molecule has 1 heterocycles. The van der Waals surface area contributed by atoms with Crippen molar-refractivity contribution in [3.05, 3.63) is 0 Å². The van der Waals surface area contributed by atoms with Crippen molar-refractivity contribution in [2.75, 3.05) is 33.2 Å². The van der Waals surface area contributed by atoms with Gasteiger partial charge in [-0.2, -0.15) is 0 Å². The van der Waals surface area contributed by atoms with Crippen molar-refractivity contribution in [3.63, 3.8) is 0 Å². The third-order valence-corrected chi connectivity index (χ3v) is 3.18. The van der Waals surface area contributed by atoms with E-state index >= 15 is 0 Å². The molecule has 4 nitrogen and oxygen atoms in total. The average molecular weight is 354 g/mol. The lowest BCUT2D eigenvalue weighted by atomic mass is 10.2. The monoisotopic (exact) mass is 354 g/mol. The van der Waals surface area contributed by atoms with Gasteiger partial charge in [0.1, 0.15) is 0 Å². The minimum atomic E-state index is 0. The first-order valence-corrected chi connectivity index (χ1v) is 6.50. The molecule has 0 aromatic rings. The van der Waals surface area contributed by atoms with E-state index < -0.39 is 0 Å². The van der Waals surface area contributed by atoms with Gasteiger partial charge in [0.15, 0.2) is 5.96 Å². The summed E-state index contributed by atoms with van der Waals surface area (Å²) in [5.74, 6) is 0.935. The van der Waals surface area contributed by atoms with Crippen LogP contribution in [-0.2, 0) is 0 Å². The number of halogens is 1. The van der Waals surface area contributed by atoms with Gasteiger partial charge in [0.2, 0.25) is 0 Å². The molecule has 1 atom stereocenters. The SMILES string of the molecule is CCCNC(=NC)NCC1CCCN1CC.I. The normalized spacial score (nSPS) is 21.1. The molecule has 2 N–H and O–H groups in total. The fraction of sp³-hybridized carbons (Fsp3) is 0.917. The van der Waals surface area contributed by atoms with Crippen LogP contribution in [0.5, 0.6) is 0 Å². The van der Waals surface area contributed by atoms with Crippen LogP contribution in [0.2, 0.25) is 0 Å². The molecule has 102 valence electrons. The van der Waals surface area contributed by atoms with Crippen LogP contribution in [0.25, 0.3) is 0 Å². The van der Waals surface area contributed by atoms with Crippen LogP contribution in [-0.4, -0.2) is 50.1 Å². The van der Waals surface area contributed by atoms with Crippen LogP contribution < -0.4 is 10.6 Å². The van der Waals surface area contributed by atoms with E-state index in [0.717, 1.165) is 32.0 Å². The standard InChI is InChI=1S/C12H26N4.HI/c1-4-8-14-12(13-3)15-10-11-7-6-9-16(11)5-2;/h11H,4-10H2,1-3H3,(H2,13,14,15);1H. The Bertz CT molecular complexity index is 221. The van der Waals surface area contributed by atoms with Crippen LogP contribution in [0.1, 0.15) is 33.1 Å². The highest BCUT2D eigenvalue weighted by Gasteiger charge is 2.22. The van der Waals surface area contributed by atoms with E-state index in [9.17, 15) is 0 Å². The molecular formula is C12H27IN4. The quantitative estimate of drug-likeness (QED) is 0.448.